The Labute approximate surface area is 133 Å². The summed E-state index contributed by atoms with van der Waals surface area (Å²) in [5.41, 5.74) is 1.07. The highest BCUT2D eigenvalue weighted by Crippen LogP contribution is 2.29. The Bertz CT molecular complexity index is 407. The van der Waals surface area contributed by atoms with Crippen molar-refractivity contribution in [1.29, 1.82) is 0 Å². The van der Waals surface area contributed by atoms with Crippen LogP contribution in [0, 0.1) is 0 Å². The second-order valence-corrected chi connectivity index (χ2v) is 6.39. The summed E-state index contributed by atoms with van der Waals surface area (Å²) in [6.07, 6.45) is 2.37. The van der Waals surface area contributed by atoms with Gasteiger partial charge in [-0.25, -0.2) is 0 Å². The second kappa shape index (κ2) is 8.89. The van der Waals surface area contributed by atoms with E-state index in [1.54, 1.807) is 0 Å². The summed E-state index contributed by atoms with van der Waals surface area (Å²) in [6.45, 7) is 8.71. The molecule has 4 heteroatoms. The fourth-order valence-corrected chi connectivity index (χ4v) is 2.50. The number of nitrogens with one attached hydrogen (secondary N) is 1. The molecule has 1 aromatic rings. The van der Waals surface area contributed by atoms with Gasteiger partial charge in [0.05, 0.1) is 10.0 Å². The molecule has 0 amide bonds. The summed E-state index contributed by atoms with van der Waals surface area (Å²) in [6, 6.07) is 6.63. The first kappa shape index (κ1) is 17.8. The molecule has 0 aliphatic heterocycles. The van der Waals surface area contributed by atoms with Crippen LogP contribution >= 0.6 is 23.2 Å². The van der Waals surface area contributed by atoms with E-state index in [0.29, 0.717) is 16.1 Å². The van der Waals surface area contributed by atoms with Gasteiger partial charge in [-0.05, 0) is 65.4 Å². The van der Waals surface area contributed by atoms with Gasteiger partial charge in [0.25, 0.3) is 0 Å². The molecular weight excluding hydrogens is 291 g/mol. The van der Waals surface area contributed by atoms with E-state index in [4.69, 9.17) is 23.2 Å². The van der Waals surface area contributed by atoms with E-state index in [1.807, 2.05) is 18.2 Å². The molecule has 0 fully saturated rings. The first-order valence-corrected chi connectivity index (χ1v) is 8.06. The minimum atomic E-state index is 0.226. The maximum atomic E-state index is 6.23. The molecule has 20 heavy (non-hydrogen) atoms. The van der Waals surface area contributed by atoms with E-state index < -0.39 is 0 Å². The molecular formula is C16H26Cl2N2. The molecule has 0 aromatic heterocycles. The van der Waals surface area contributed by atoms with Crippen LogP contribution in [0.2, 0.25) is 10.0 Å². The van der Waals surface area contributed by atoms with Crippen LogP contribution in [0.5, 0.6) is 0 Å². The Morgan fingerprint density at radius 2 is 1.85 bits per heavy atom. The molecule has 0 saturated heterocycles. The average molecular weight is 317 g/mol. The lowest BCUT2D eigenvalue weighted by Crippen LogP contribution is -2.28. The zero-order valence-electron chi connectivity index (χ0n) is 12.9. The second-order valence-electron chi connectivity index (χ2n) is 5.60. The number of unbranched alkanes of at least 4 members (excludes halogenated alkanes) is 1. The van der Waals surface area contributed by atoms with Gasteiger partial charge >= 0.3 is 0 Å². The quantitative estimate of drug-likeness (QED) is 0.695. The molecule has 0 spiro atoms. The van der Waals surface area contributed by atoms with Gasteiger partial charge in [-0.1, -0.05) is 35.3 Å². The molecule has 2 nitrogen and oxygen atoms in total. The molecule has 0 bridgehead atoms. The van der Waals surface area contributed by atoms with Crippen molar-refractivity contribution in [2.75, 3.05) is 20.1 Å². The lowest BCUT2D eigenvalue weighted by molar-refractivity contribution is 0.267. The van der Waals surface area contributed by atoms with Gasteiger partial charge < -0.3 is 10.2 Å². The summed E-state index contributed by atoms with van der Waals surface area (Å²) >= 11 is 12.3. The minimum Gasteiger partial charge on any atom is -0.310 e. The molecule has 1 unspecified atom stereocenters. The third-order valence-electron chi connectivity index (χ3n) is 3.72. The van der Waals surface area contributed by atoms with Gasteiger partial charge in [-0.3, -0.25) is 0 Å². The van der Waals surface area contributed by atoms with Crippen molar-refractivity contribution in [3.63, 3.8) is 0 Å². The Morgan fingerprint density at radius 1 is 1.15 bits per heavy atom. The Hall–Kier alpha value is -0.280. The van der Waals surface area contributed by atoms with Crippen LogP contribution in [0.1, 0.15) is 45.2 Å². The molecule has 0 saturated carbocycles. The molecule has 1 rings (SSSR count). The lowest BCUT2D eigenvalue weighted by atomic mass is 10.1. The maximum Gasteiger partial charge on any atom is 0.0639 e. The molecule has 0 radical (unpaired) electrons. The highest BCUT2D eigenvalue weighted by atomic mass is 35.5. The Morgan fingerprint density at radius 3 is 2.50 bits per heavy atom. The zero-order chi connectivity index (χ0) is 15.1. The van der Waals surface area contributed by atoms with Crippen LogP contribution < -0.4 is 5.32 Å². The minimum absolute atomic E-state index is 0.226. The van der Waals surface area contributed by atoms with Gasteiger partial charge in [0, 0.05) is 12.1 Å². The SMILES string of the molecule is CC(NCCCCN(C)C(C)C)c1cccc(Cl)c1Cl. The number of halogens is 2. The normalized spacial score (nSPS) is 13.2. The summed E-state index contributed by atoms with van der Waals surface area (Å²) in [5.74, 6) is 0. The van der Waals surface area contributed by atoms with Crippen LogP contribution in [-0.2, 0) is 0 Å². The van der Waals surface area contributed by atoms with Gasteiger partial charge in [0.2, 0.25) is 0 Å². The van der Waals surface area contributed by atoms with Crippen molar-refractivity contribution in [3.05, 3.63) is 33.8 Å². The lowest BCUT2D eigenvalue weighted by Gasteiger charge is -2.21. The predicted molar refractivity (Wildman–Crippen MR) is 89.9 cm³/mol. The first-order valence-electron chi connectivity index (χ1n) is 7.31. The fraction of sp³-hybridized carbons (Fsp3) is 0.625. The van der Waals surface area contributed by atoms with Crippen molar-refractivity contribution in [3.8, 4) is 0 Å². The number of benzene rings is 1. The third-order valence-corrected chi connectivity index (χ3v) is 4.55. The molecule has 1 N–H and O–H groups in total. The van der Waals surface area contributed by atoms with E-state index in [9.17, 15) is 0 Å². The maximum absolute atomic E-state index is 6.23. The topological polar surface area (TPSA) is 15.3 Å². The van der Waals surface area contributed by atoms with Crippen molar-refractivity contribution >= 4 is 23.2 Å². The third kappa shape index (κ3) is 5.61. The van der Waals surface area contributed by atoms with E-state index in [0.717, 1.165) is 18.7 Å². The summed E-state index contributed by atoms with van der Waals surface area (Å²) in [7, 11) is 2.17. The standard InChI is InChI=1S/C16H26Cl2N2/c1-12(2)20(4)11-6-5-10-19-13(3)14-8-7-9-15(17)16(14)18/h7-9,12-13,19H,5-6,10-11H2,1-4H3. The van der Waals surface area contributed by atoms with Gasteiger partial charge in [-0.15, -0.1) is 0 Å². The first-order chi connectivity index (χ1) is 9.43. The molecule has 0 aliphatic rings. The highest BCUT2D eigenvalue weighted by Gasteiger charge is 2.11. The number of hydrogen-bond acceptors (Lipinski definition) is 2. The van der Waals surface area contributed by atoms with E-state index in [2.05, 4.69) is 38.0 Å². The van der Waals surface area contributed by atoms with E-state index in [-0.39, 0.29) is 6.04 Å². The molecule has 1 atom stereocenters. The smallest absolute Gasteiger partial charge is 0.0639 e. The molecule has 114 valence electrons. The predicted octanol–water partition coefficient (Wildman–Crippen LogP) is 4.76. The Kier molecular flexibility index (Phi) is 7.90. The number of rotatable bonds is 8. The van der Waals surface area contributed by atoms with Crippen molar-refractivity contribution in [1.82, 2.24) is 10.2 Å². The van der Waals surface area contributed by atoms with Crippen LogP contribution in [-0.4, -0.2) is 31.1 Å². The molecule has 0 aliphatic carbocycles. The van der Waals surface area contributed by atoms with Crippen LogP contribution in [0.4, 0.5) is 0 Å². The van der Waals surface area contributed by atoms with E-state index in [1.165, 1.54) is 12.8 Å². The number of hydrogen-bond donors (Lipinski definition) is 1. The van der Waals surface area contributed by atoms with Gasteiger partial charge in [0.1, 0.15) is 0 Å². The summed E-state index contributed by atoms with van der Waals surface area (Å²) < 4.78 is 0. The van der Waals surface area contributed by atoms with Crippen molar-refractivity contribution in [2.45, 2.75) is 45.7 Å². The van der Waals surface area contributed by atoms with Crippen molar-refractivity contribution < 1.29 is 0 Å². The fourth-order valence-electron chi connectivity index (χ4n) is 2.03. The Balaban J connectivity index is 2.30. The van der Waals surface area contributed by atoms with Gasteiger partial charge in [-0.2, -0.15) is 0 Å². The van der Waals surface area contributed by atoms with Crippen LogP contribution in [0.15, 0.2) is 18.2 Å². The zero-order valence-corrected chi connectivity index (χ0v) is 14.4. The van der Waals surface area contributed by atoms with Gasteiger partial charge in [0.15, 0.2) is 0 Å². The van der Waals surface area contributed by atoms with Crippen LogP contribution in [0.3, 0.4) is 0 Å². The highest BCUT2D eigenvalue weighted by molar-refractivity contribution is 6.42. The number of nitrogens with zero attached hydrogens (tertiary/aromatic N) is 1. The average Bonchev–Trinajstić information content (AvgIpc) is 2.40. The largest absolute Gasteiger partial charge is 0.310 e. The summed E-state index contributed by atoms with van der Waals surface area (Å²) in [4.78, 5) is 2.37. The monoisotopic (exact) mass is 316 g/mol. The van der Waals surface area contributed by atoms with Crippen molar-refractivity contribution in [2.24, 2.45) is 0 Å². The summed E-state index contributed by atoms with van der Waals surface area (Å²) in [5, 5.41) is 4.79. The molecule has 1 aromatic carbocycles. The van der Waals surface area contributed by atoms with E-state index >= 15 is 0 Å². The van der Waals surface area contributed by atoms with Crippen LogP contribution in [0.25, 0.3) is 0 Å². The molecule has 0 heterocycles.